The van der Waals surface area contributed by atoms with Gasteiger partial charge in [-0.15, -0.1) is 0 Å². The number of nitrogens with two attached hydrogens (primary N) is 1. The Hall–Kier alpha value is -1.60. The number of nitrogen functional groups attached to an aromatic ring is 1. The summed E-state index contributed by atoms with van der Waals surface area (Å²) in [7, 11) is 0. The van der Waals surface area contributed by atoms with Crippen LogP contribution in [0.4, 0.5) is 11.4 Å². The predicted octanol–water partition coefficient (Wildman–Crippen LogP) is 2.55. The van der Waals surface area contributed by atoms with Crippen molar-refractivity contribution in [1.29, 1.82) is 0 Å². The lowest BCUT2D eigenvalue weighted by Crippen LogP contribution is -2.19. The van der Waals surface area contributed by atoms with Gasteiger partial charge in [-0.1, -0.05) is 11.6 Å². The number of anilines is 2. The first-order chi connectivity index (χ1) is 9.02. The van der Waals surface area contributed by atoms with Gasteiger partial charge in [0.2, 0.25) is 0 Å². The summed E-state index contributed by atoms with van der Waals surface area (Å²) in [6.45, 7) is 2.42. The lowest BCUT2D eigenvalue weighted by molar-refractivity contribution is 0.101. The summed E-state index contributed by atoms with van der Waals surface area (Å²) in [5.74, 6) is -0.376. The minimum atomic E-state index is -0.376. The maximum atomic E-state index is 12.2. The van der Waals surface area contributed by atoms with Crippen LogP contribution in [0.3, 0.4) is 0 Å². The Labute approximate surface area is 123 Å². The van der Waals surface area contributed by atoms with Crippen LogP contribution in [0.5, 0.6) is 0 Å². The van der Waals surface area contributed by atoms with Crippen molar-refractivity contribution in [3.8, 4) is 0 Å². The molecule has 0 fully saturated rings. The standard InChI is InChI=1S/C11H11BrClN5O/c1-2-18-9(7(14)5-16-18)11(19)17-8-3-6(12)4-15-10(8)13/h3-5H,2,14H2,1H3,(H,17,19). The largest absolute Gasteiger partial charge is 0.396 e. The fourth-order valence-electron chi connectivity index (χ4n) is 1.58. The van der Waals surface area contributed by atoms with Gasteiger partial charge in [-0.25, -0.2) is 4.98 Å². The third-order valence-electron chi connectivity index (χ3n) is 2.44. The molecule has 19 heavy (non-hydrogen) atoms. The van der Waals surface area contributed by atoms with Crippen molar-refractivity contribution in [3.05, 3.63) is 33.8 Å². The third-order valence-corrected chi connectivity index (χ3v) is 3.17. The van der Waals surface area contributed by atoms with Gasteiger partial charge in [0.1, 0.15) is 5.69 Å². The average molecular weight is 345 g/mol. The number of hydrogen-bond acceptors (Lipinski definition) is 4. The maximum Gasteiger partial charge on any atom is 0.276 e. The number of aromatic nitrogens is 3. The first-order valence-electron chi connectivity index (χ1n) is 5.46. The highest BCUT2D eigenvalue weighted by Gasteiger charge is 2.17. The van der Waals surface area contributed by atoms with Crippen LogP contribution in [0.25, 0.3) is 0 Å². The van der Waals surface area contributed by atoms with Crippen molar-refractivity contribution in [2.75, 3.05) is 11.1 Å². The highest BCUT2D eigenvalue weighted by molar-refractivity contribution is 9.10. The molecule has 100 valence electrons. The van der Waals surface area contributed by atoms with Gasteiger partial charge in [-0.05, 0) is 28.9 Å². The van der Waals surface area contributed by atoms with Crippen LogP contribution in [0.15, 0.2) is 22.9 Å². The predicted molar refractivity (Wildman–Crippen MR) is 77.2 cm³/mol. The van der Waals surface area contributed by atoms with E-state index in [0.717, 1.165) is 0 Å². The lowest BCUT2D eigenvalue weighted by atomic mass is 10.3. The molecule has 0 spiro atoms. The van der Waals surface area contributed by atoms with Crippen molar-refractivity contribution in [1.82, 2.24) is 14.8 Å². The molecule has 0 aliphatic heterocycles. The third kappa shape index (κ3) is 2.87. The van der Waals surface area contributed by atoms with Crippen LogP contribution in [-0.4, -0.2) is 20.7 Å². The number of pyridine rings is 1. The molecule has 2 heterocycles. The fraction of sp³-hybridized carbons (Fsp3) is 0.182. The molecule has 0 aromatic carbocycles. The van der Waals surface area contributed by atoms with Gasteiger partial charge >= 0.3 is 0 Å². The second-order valence-corrected chi connectivity index (χ2v) is 4.98. The van der Waals surface area contributed by atoms with Gasteiger partial charge in [0.15, 0.2) is 5.15 Å². The van der Waals surface area contributed by atoms with Crippen LogP contribution >= 0.6 is 27.5 Å². The van der Waals surface area contributed by atoms with Crippen molar-refractivity contribution in [2.24, 2.45) is 0 Å². The molecule has 2 aromatic heterocycles. The zero-order valence-corrected chi connectivity index (χ0v) is 12.4. The molecule has 0 aliphatic rings. The van der Waals surface area contributed by atoms with E-state index in [4.69, 9.17) is 17.3 Å². The molecule has 0 radical (unpaired) electrons. The van der Waals surface area contributed by atoms with Gasteiger partial charge in [-0.2, -0.15) is 5.10 Å². The topological polar surface area (TPSA) is 85.8 Å². The monoisotopic (exact) mass is 343 g/mol. The molecule has 0 atom stereocenters. The van der Waals surface area contributed by atoms with E-state index in [1.807, 2.05) is 6.92 Å². The van der Waals surface area contributed by atoms with Crippen LogP contribution in [0.2, 0.25) is 5.15 Å². The Kier molecular flexibility index (Phi) is 4.06. The number of halogens is 2. The Morgan fingerprint density at radius 3 is 3.00 bits per heavy atom. The lowest BCUT2D eigenvalue weighted by Gasteiger charge is -2.09. The van der Waals surface area contributed by atoms with E-state index in [2.05, 4.69) is 31.3 Å². The van der Waals surface area contributed by atoms with Crippen molar-refractivity contribution >= 4 is 44.8 Å². The number of amides is 1. The Morgan fingerprint density at radius 2 is 2.32 bits per heavy atom. The second-order valence-electron chi connectivity index (χ2n) is 3.71. The van der Waals surface area contributed by atoms with E-state index in [1.165, 1.54) is 10.9 Å². The zero-order valence-electron chi connectivity index (χ0n) is 10.0. The molecule has 0 unspecified atom stereocenters. The maximum absolute atomic E-state index is 12.2. The number of rotatable bonds is 3. The molecule has 0 aliphatic carbocycles. The van der Waals surface area contributed by atoms with Gasteiger partial charge in [0.05, 0.1) is 17.6 Å². The molecule has 0 saturated heterocycles. The van der Waals surface area contributed by atoms with E-state index in [-0.39, 0.29) is 11.1 Å². The average Bonchev–Trinajstić information content (AvgIpc) is 2.75. The number of nitrogens with one attached hydrogen (secondary N) is 1. The minimum absolute atomic E-state index is 0.206. The quantitative estimate of drug-likeness (QED) is 0.838. The normalized spacial score (nSPS) is 10.5. The van der Waals surface area contributed by atoms with Crippen LogP contribution in [0.1, 0.15) is 17.4 Å². The number of hydrogen-bond donors (Lipinski definition) is 2. The Bertz CT molecular complexity index is 628. The summed E-state index contributed by atoms with van der Waals surface area (Å²) in [5.41, 5.74) is 6.77. The summed E-state index contributed by atoms with van der Waals surface area (Å²) in [6.07, 6.45) is 2.99. The van der Waals surface area contributed by atoms with Crippen molar-refractivity contribution in [2.45, 2.75) is 13.5 Å². The summed E-state index contributed by atoms with van der Waals surface area (Å²) >= 11 is 9.18. The van der Waals surface area contributed by atoms with Crippen LogP contribution in [-0.2, 0) is 6.54 Å². The number of carbonyl (C=O) groups excluding carboxylic acids is 1. The zero-order chi connectivity index (χ0) is 14.0. The minimum Gasteiger partial charge on any atom is -0.396 e. The molecule has 1 amide bonds. The van der Waals surface area contributed by atoms with Crippen molar-refractivity contribution in [3.63, 3.8) is 0 Å². The van der Waals surface area contributed by atoms with Crippen LogP contribution in [0, 0.1) is 0 Å². The van der Waals surface area contributed by atoms with Gasteiger partial charge in [0.25, 0.3) is 5.91 Å². The van der Waals surface area contributed by atoms with Crippen molar-refractivity contribution < 1.29 is 4.79 Å². The molecule has 0 bridgehead atoms. The van der Waals surface area contributed by atoms with E-state index < -0.39 is 0 Å². The first-order valence-corrected chi connectivity index (χ1v) is 6.63. The molecule has 0 saturated carbocycles. The van der Waals surface area contributed by atoms with E-state index >= 15 is 0 Å². The fourth-order valence-corrected chi connectivity index (χ4v) is 2.06. The molecule has 2 aromatic rings. The highest BCUT2D eigenvalue weighted by Crippen LogP contribution is 2.24. The number of nitrogens with zero attached hydrogens (tertiary/aromatic N) is 3. The van der Waals surface area contributed by atoms with Gasteiger partial charge in [0, 0.05) is 17.2 Å². The molecule has 3 N–H and O–H groups in total. The van der Waals surface area contributed by atoms with E-state index in [9.17, 15) is 4.79 Å². The van der Waals surface area contributed by atoms with Gasteiger partial charge < -0.3 is 11.1 Å². The van der Waals surface area contributed by atoms with Crippen LogP contribution < -0.4 is 11.1 Å². The summed E-state index contributed by atoms with van der Waals surface area (Å²) in [4.78, 5) is 16.1. The Morgan fingerprint density at radius 1 is 1.58 bits per heavy atom. The smallest absolute Gasteiger partial charge is 0.276 e. The highest BCUT2D eigenvalue weighted by atomic mass is 79.9. The number of aryl methyl sites for hydroxylation is 1. The molecular formula is C11H11BrClN5O. The summed E-state index contributed by atoms with van der Waals surface area (Å²) in [6, 6.07) is 1.66. The van der Waals surface area contributed by atoms with E-state index in [1.54, 1.807) is 12.3 Å². The molecular weight excluding hydrogens is 334 g/mol. The second kappa shape index (κ2) is 5.58. The summed E-state index contributed by atoms with van der Waals surface area (Å²) in [5, 5.41) is 6.88. The van der Waals surface area contributed by atoms with E-state index in [0.29, 0.717) is 28.1 Å². The summed E-state index contributed by atoms with van der Waals surface area (Å²) < 4.78 is 2.23. The molecule has 8 heteroatoms. The molecule has 2 rings (SSSR count). The molecule has 6 nitrogen and oxygen atoms in total. The van der Waals surface area contributed by atoms with Gasteiger partial charge in [-0.3, -0.25) is 9.48 Å². The Balaban J connectivity index is 2.30. The first kappa shape index (κ1) is 13.8. The number of carbonyl (C=O) groups is 1. The SMILES string of the molecule is CCn1ncc(N)c1C(=O)Nc1cc(Br)cnc1Cl.